The van der Waals surface area contributed by atoms with Crippen LogP contribution in [0.4, 0.5) is 11.5 Å². The summed E-state index contributed by atoms with van der Waals surface area (Å²) in [6.07, 6.45) is 0. The molecule has 0 aliphatic carbocycles. The first-order valence-corrected chi connectivity index (χ1v) is 9.49. The zero-order valence-electron chi connectivity index (χ0n) is 14.2. The molecule has 0 saturated heterocycles. The van der Waals surface area contributed by atoms with Crippen LogP contribution in [0.2, 0.25) is 0 Å². The number of fused-ring (bicyclic) bond motifs is 1. The van der Waals surface area contributed by atoms with Crippen LogP contribution in [0.15, 0.2) is 54.6 Å². The number of carbonyl (C=O) groups excluding carboxylic acids is 1. The van der Waals surface area contributed by atoms with Crippen molar-refractivity contribution < 1.29 is 9.72 Å². The van der Waals surface area contributed by atoms with Crippen molar-refractivity contribution in [3.8, 4) is 11.8 Å². The van der Waals surface area contributed by atoms with Gasteiger partial charge in [-0.05, 0) is 29.9 Å². The van der Waals surface area contributed by atoms with Crippen molar-refractivity contribution in [2.45, 2.75) is 5.92 Å². The van der Waals surface area contributed by atoms with Crippen LogP contribution in [0.25, 0.3) is 5.69 Å². The number of non-ortho nitro benzene ring substituents is 1. The molecular formula is C19H12N4O3S2. The van der Waals surface area contributed by atoms with Gasteiger partial charge < -0.3 is 5.32 Å². The molecule has 9 heteroatoms. The van der Waals surface area contributed by atoms with Crippen molar-refractivity contribution in [3.63, 3.8) is 0 Å². The maximum atomic E-state index is 12.7. The second kappa shape index (κ2) is 6.99. The molecule has 1 aromatic heterocycles. The Morgan fingerprint density at radius 3 is 2.64 bits per heavy atom. The molecule has 1 amide bonds. The summed E-state index contributed by atoms with van der Waals surface area (Å²) in [5.41, 5.74) is 1.24. The van der Waals surface area contributed by atoms with E-state index in [4.69, 9.17) is 12.2 Å². The highest BCUT2D eigenvalue weighted by Crippen LogP contribution is 2.45. The molecule has 0 bridgehead atoms. The van der Waals surface area contributed by atoms with Crippen molar-refractivity contribution in [2.24, 2.45) is 5.92 Å². The molecule has 2 atom stereocenters. The van der Waals surface area contributed by atoms with Crippen LogP contribution >= 0.6 is 23.6 Å². The van der Waals surface area contributed by atoms with Crippen LogP contribution in [0.3, 0.4) is 0 Å². The van der Waals surface area contributed by atoms with Crippen LogP contribution in [0.5, 0.6) is 0 Å². The summed E-state index contributed by atoms with van der Waals surface area (Å²) in [5.74, 6) is -1.59. The number of hydrogen-bond acceptors (Lipinski definition) is 6. The standard InChI is InChI=1S/C19H12N4O3S2/c20-10-14-15(11-5-4-8-13(9-11)23(25)26)16-17(21-18(14)24)22(19(27)28-16)12-6-2-1-3-7-12/h1-9,14-15H,(H,21,24). The largest absolute Gasteiger partial charge is 0.310 e. The number of nitrogens with one attached hydrogen (secondary N) is 1. The number of nitrogens with zero attached hydrogens (tertiary/aromatic N) is 3. The van der Waals surface area contributed by atoms with Gasteiger partial charge in [-0.3, -0.25) is 19.5 Å². The lowest BCUT2D eigenvalue weighted by atomic mass is 9.82. The molecule has 1 aliphatic rings. The number of nitro groups is 1. The lowest BCUT2D eigenvalue weighted by Gasteiger charge is -2.27. The predicted octanol–water partition coefficient (Wildman–Crippen LogP) is 4.40. The van der Waals surface area contributed by atoms with Gasteiger partial charge in [0.1, 0.15) is 11.7 Å². The Kier molecular flexibility index (Phi) is 4.50. The number of carbonyl (C=O) groups is 1. The van der Waals surface area contributed by atoms with Crippen LogP contribution in [0.1, 0.15) is 16.4 Å². The van der Waals surface area contributed by atoms with Gasteiger partial charge in [0, 0.05) is 23.7 Å². The summed E-state index contributed by atoms with van der Waals surface area (Å²) in [7, 11) is 0. The van der Waals surface area contributed by atoms with Crippen LogP contribution < -0.4 is 5.32 Å². The number of nitriles is 1. The summed E-state index contributed by atoms with van der Waals surface area (Å²) in [5, 5.41) is 23.6. The summed E-state index contributed by atoms with van der Waals surface area (Å²) in [6.45, 7) is 0. The van der Waals surface area contributed by atoms with Crippen molar-refractivity contribution in [1.82, 2.24) is 4.57 Å². The molecule has 1 N–H and O–H groups in total. The summed E-state index contributed by atoms with van der Waals surface area (Å²) < 4.78 is 2.27. The fourth-order valence-electron chi connectivity index (χ4n) is 3.34. The average Bonchev–Trinajstić information content (AvgIpc) is 3.02. The normalized spacial score (nSPS) is 18.0. The first-order chi connectivity index (χ1) is 13.5. The zero-order chi connectivity index (χ0) is 19.8. The van der Waals surface area contributed by atoms with Gasteiger partial charge in [0.25, 0.3) is 5.69 Å². The van der Waals surface area contributed by atoms with Crippen LogP contribution in [-0.4, -0.2) is 15.4 Å². The molecule has 0 saturated carbocycles. The van der Waals surface area contributed by atoms with E-state index >= 15 is 0 Å². The Morgan fingerprint density at radius 1 is 1.21 bits per heavy atom. The maximum absolute atomic E-state index is 12.7. The van der Waals surface area contributed by atoms with E-state index < -0.39 is 22.7 Å². The van der Waals surface area contributed by atoms with Crippen LogP contribution in [-0.2, 0) is 4.79 Å². The Balaban J connectivity index is 1.95. The zero-order valence-corrected chi connectivity index (χ0v) is 15.9. The van der Waals surface area contributed by atoms with E-state index in [2.05, 4.69) is 5.32 Å². The number of amides is 1. The molecule has 0 radical (unpaired) electrons. The summed E-state index contributed by atoms with van der Waals surface area (Å²) >= 11 is 6.82. The van der Waals surface area contributed by atoms with E-state index in [-0.39, 0.29) is 5.69 Å². The highest BCUT2D eigenvalue weighted by atomic mass is 32.1. The smallest absolute Gasteiger partial charge is 0.269 e. The highest BCUT2D eigenvalue weighted by Gasteiger charge is 2.40. The number of rotatable bonds is 3. The molecule has 138 valence electrons. The van der Waals surface area contributed by atoms with Gasteiger partial charge in [-0.2, -0.15) is 5.26 Å². The third-order valence-electron chi connectivity index (χ3n) is 4.57. The maximum Gasteiger partial charge on any atom is 0.269 e. The van der Waals surface area contributed by atoms with Crippen molar-refractivity contribution in [2.75, 3.05) is 5.32 Å². The molecule has 2 heterocycles. The predicted molar refractivity (Wildman–Crippen MR) is 107 cm³/mol. The molecule has 0 fully saturated rings. The number of hydrogen-bond donors (Lipinski definition) is 1. The van der Waals surface area contributed by atoms with Gasteiger partial charge in [0.2, 0.25) is 5.91 Å². The van der Waals surface area contributed by atoms with Gasteiger partial charge in [-0.25, -0.2) is 0 Å². The quantitative estimate of drug-likeness (QED) is 0.393. The average molecular weight is 408 g/mol. The van der Waals surface area contributed by atoms with Crippen molar-refractivity contribution >= 4 is 41.0 Å². The second-order valence-electron chi connectivity index (χ2n) is 6.18. The molecule has 3 aromatic rings. The van der Waals surface area contributed by atoms with E-state index in [1.165, 1.54) is 23.5 Å². The fourth-order valence-corrected chi connectivity index (χ4v) is 4.92. The minimum atomic E-state index is -1.01. The Morgan fingerprint density at radius 2 is 1.96 bits per heavy atom. The Hall–Kier alpha value is -3.35. The van der Waals surface area contributed by atoms with Crippen molar-refractivity contribution in [3.05, 3.63) is 79.1 Å². The van der Waals surface area contributed by atoms with Crippen molar-refractivity contribution in [1.29, 1.82) is 5.26 Å². The third-order valence-corrected chi connectivity index (χ3v) is 6.03. The van der Waals surface area contributed by atoms with Gasteiger partial charge in [-0.1, -0.05) is 30.3 Å². The van der Waals surface area contributed by atoms with Gasteiger partial charge in [0.05, 0.1) is 15.9 Å². The molecule has 28 heavy (non-hydrogen) atoms. The molecular weight excluding hydrogens is 396 g/mol. The van der Waals surface area contributed by atoms with E-state index in [9.17, 15) is 20.2 Å². The number of thiazole rings is 1. The van der Waals surface area contributed by atoms with Gasteiger partial charge in [-0.15, -0.1) is 11.3 Å². The molecule has 4 rings (SSSR count). The third kappa shape index (κ3) is 2.89. The number of nitro benzene ring substituents is 1. The van der Waals surface area contributed by atoms with Gasteiger partial charge in [0.15, 0.2) is 3.95 Å². The summed E-state index contributed by atoms with van der Waals surface area (Å²) in [4.78, 5) is 24.1. The molecule has 2 aromatic carbocycles. The lowest BCUT2D eigenvalue weighted by Crippen LogP contribution is -2.33. The van der Waals surface area contributed by atoms with Crippen LogP contribution in [0, 0.1) is 31.3 Å². The minimum Gasteiger partial charge on any atom is -0.310 e. The second-order valence-corrected chi connectivity index (χ2v) is 7.85. The molecule has 7 nitrogen and oxygen atoms in total. The Labute approximate surface area is 168 Å². The highest BCUT2D eigenvalue weighted by molar-refractivity contribution is 7.73. The topological polar surface area (TPSA) is 101 Å². The van der Waals surface area contributed by atoms with E-state index in [1.54, 1.807) is 16.7 Å². The number of benzene rings is 2. The minimum absolute atomic E-state index is 0.0900. The molecule has 1 aliphatic heterocycles. The molecule has 2 unspecified atom stereocenters. The summed E-state index contributed by atoms with van der Waals surface area (Å²) in [6, 6.07) is 17.4. The number of anilines is 1. The van der Waals surface area contributed by atoms with Gasteiger partial charge >= 0.3 is 0 Å². The first kappa shape index (κ1) is 18.0. The lowest BCUT2D eigenvalue weighted by molar-refractivity contribution is -0.384. The van der Waals surface area contributed by atoms with E-state index in [1.807, 2.05) is 36.4 Å². The molecule has 0 spiro atoms. The first-order valence-electron chi connectivity index (χ1n) is 8.27. The van der Waals surface area contributed by atoms with E-state index in [0.717, 1.165) is 5.69 Å². The monoisotopic (exact) mass is 408 g/mol. The Bertz CT molecular complexity index is 1190. The number of aromatic nitrogens is 1. The fraction of sp³-hybridized carbons (Fsp3) is 0.105. The van der Waals surface area contributed by atoms with E-state index in [0.29, 0.717) is 20.2 Å². The SMILES string of the molecule is N#CC1C(=O)Nc2c(sc(=S)n2-c2ccccc2)C1c1cccc([N+](=O)[O-])c1. The number of para-hydroxylation sites is 1.